The number of carbonyl (C=O) groups is 2. The number of amides is 3. The van der Waals surface area contributed by atoms with Crippen molar-refractivity contribution < 1.29 is 9.59 Å². The summed E-state index contributed by atoms with van der Waals surface area (Å²) in [6, 6.07) is 1.68. The summed E-state index contributed by atoms with van der Waals surface area (Å²) in [7, 11) is 3.47. The van der Waals surface area contributed by atoms with E-state index in [-0.39, 0.29) is 11.9 Å². The number of fused-ring (bicyclic) bond motifs is 1. The molecule has 0 radical (unpaired) electrons. The van der Waals surface area contributed by atoms with Crippen LogP contribution in [0.5, 0.6) is 0 Å². The molecule has 3 rings (SSSR count). The van der Waals surface area contributed by atoms with Gasteiger partial charge in [-0.25, -0.2) is 9.78 Å². The van der Waals surface area contributed by atoms with Gasteiger partial charge in [0.15, 0.2) is 5.65 Å². The van der Waals surface area contributed by atoms with Gasteiger partial charge < -0.3 is 14.7 Å². The summed E-state index contributed by atoms with van der Waals surface area (Å²) >= 11 is 0. The molecule has 8 heteroatoms. The minimum atomic E-state index is -0.458. The van der Waals surface area contributed by atoms with Crippen molar-refractivity contribution in [2.75, 3.05) is 33.7 Å². The van der Waals surface area contributed by atoms with E-state index in [0.29, 0.717) is 36.2 Å². The number of rotatable bonds is 1. The third kappa shape index (κ3) is 2.68. The van der Waals surface area contributed by atoms with Gasteiger partial charge in [0.25, 0.3) is 5.91 Å². The van der Waals surface area contributed by atoms with Gasteiger partial charge in [-0.05, 0) is 19.9 Å². The smallest absolute Gasteiger partial charge is 0.319 e. The van der Waals surface area contributed by atoms with Crippen LogP contribution in [0.1, 0.15) is 24.2 Å². The van der Waals surface area contributed by atoms with E-state index < -0.39 is 5.54 Å². The molecule has 3 amide bonds. The number of pyridine rings is 1. The predicted molar refractivity (Wildman–Crippen MR) is 89.7 cm³/mol. The van der Waals surface area contributed by atoms with Crippen LogP contribution in [0.2, 0.25) is 0 Å². The standard InChI is InChI=1S/C16H22N6O2/c1-16(2)10-21(15(24)20(3)4)7-8-22(16)14(23)11-5-6-17-13-12(11)9-18-19-13/h5-6,9H,7-8,10H2,1-4H3,(H,17,18,19). The normalized spacial score (nSPS) is 17.2. The van der Waals surface area contributed by atoms with Crippen molar-refractivity contribution in [2.24, 2.45) is 0 Å². The fourth-order valence-corrected chi connectivity index (χ4v) is 3.16. The Morgan fingerprint density at radius 1 is 1.29 bits per heavy atom. The number of aromatic nitrogens is 3. The number of carbonyl (C=O) groups excluding carboxylic acids is 2. The fraction of sp³-hybridized carbons (Fsp3) is 0.500. The zero-order valence-electron chi connectivity index (χ0n) is 14.4. The summed E-state index contributed by atoms with van der Waals surface area (Å²) in [6.07, 6.45) is 3.22. The van der Waals surface area contributed by atoms with Crippen molar-refractivity contribution in [3.05, 3.63) is 24.0 Å². The number of nitrogens with one attached hydrogen (secondary N) is 1. The maximum atomic E-state index is 13.1. The van der Waals surface area contributed by atoms with Gasteiger partial charge >= 0.3 is 6.03 Å². The molecule has 0 spiro atoms. The molecular formula is C16H22N6O2. The highest BCUT2D eigenvalue weighted by molar-refractivity contribution is 6.05. The van der Waals surface area contributed by atoms with E-state index in [0.717, 1.165) is 0 Å². The Bertz CT molecular complexity index is 782. The van der Waals surface area contributed by atoms with Crippen LogP contribution >= 0.6 is 0 Å². The van der Waals surface area contributed by atoms with Gasteiger partial charge in [-0.15, -0.1) is 0 Å². The van der Waals surface area contributed by atoms with Crippen LogP contribution in [0.25, 0.3) is 11.0 Å². The summed E-state index contributed by atoms with van der Waals surface area (Å²) in [6.45, 7) is 5.47. The molecule has 0 bridgehead atoms. The Hall–Kier alpha value is -2.64. The molecule has 8 nitrogen and oxygen atoms in total. The van der Waals surface area contributed by atoms with Crippen LogP contribution in [0, 0.1) is 0 Å². The highest BCUT2D eigenvalue weighted by Gasteiger charge is 2.39. The molecule has 3 heterocycles. The van der Waals surface area contributed by atoms with Gasteiger partial charge in [0.05, 0.1) is 22.7 Å². The summed E-state index contributed by atoms with van der Waals surface area (Å²) in [5.74, 6) is -0.0641. The Kier molecular flexibility index (Phi) is 3.90. The molecule has 1 fully saturated rings. The van der Waals surface area contributed by atoms with E-state index in [4.69, 9.17) is 0 Å². The maximum Gasteiger partial charge on any atom is 0.319 e. The average molecular weight is 330 g/mol. The van der Waals surface area contributed by atoms with E-state index in [1.165, 1.54) is 0 Å². The molecule has 1 saturated heterocycles. The topological polar surface area (TPSA) is 85.4 Å². The van der Waals surface area contributed by atoms with Gasteiger partial charge in [0.2, 0.25) is 0 Å². The van der Waals surface area contributed by atoms with Gasteiger partial charge in [-0.1, -0.05) is 0 Å². The van der Waals surface area contributed by atoms with Crippen LogP contribution in [-0.2, 0) is 0 Å². The Balaban J connectivity index is 1.86. The van der Waals surface area contributed by atoms with E-state index in [1.807, 2.05) is 18.7 Å². The van der Waals surface area contributed by atoms with E-state index in [2.05, 4.69) is 15.2 Å². The van der Waals surface area contributed by atoms with Crippen molar-refractivity contribution >= 4 is 23.0 Å². The quantitative estimate of drug-likeness (QED) is 0.851. The number of piperazine rings is 1. The predicted octanol–water partition coefficient (Wildman–Crippen LogP) is 1.18. The van der Waals surface area contributed by atoms with Crippen molar-refractivity contribution in [3.8, 4) is 0 Å². The molecule has 0 saturated carbocycles. The first-order valence-electron chi connectivity index (χ1n) is 7.87. The molecule has 24 heavy (non-hydrogen) atoms. The summed E-state index contributed by atoms with van der Waals surface area (Å²) in [5, 5.41) is 7.46. The molecule has 128 valence electrons. The largest absolute Gasteiger partial charge is 0.331 e. The van der Waals surface area contributed by atoms with Gasteiger partial charge in [0.1, 0.15) is 0 Å². The molecule has 0 atom stereocenters. The molecule has 1 N–H and O–H groups in total. The van der Waals surface area contributed by atoms with Crippen molar-refractivity contribution in [1.29, 1.82) is 0 Å². The molecule has 0 aliphatic carbocycles. The van der Waals surface area contributed by atoms with Crippen molar-refractivity contribution in [2.45, 2.75) is 19.4 Å². The molecule has 0 aromatic carbocycles. The van der Waals surface area contributed by atoms with Crippen molar-refractivity contribution in [1.82, 2.24) is 29.9 Å². The van der Waals surface area contributed by atoms with Crippen molar-refractivity contribution in [3.63, 3.8) is 0 Å². The Morgan fingerprint density at radius 3 is 2.71 bits per heavy atom. The van der Waals surface area contributed by atoms with Gasteiger partial charge in [0, 0.05) is 39.9 Å². The second-order valence-electron chi connectivity index (χ2n) is 6.86. The number of nitrogens with zero attached hydrogens (tertiary/aromatic N) is 5. The molecule has 0 unspecified atom stereocenters. The van der Waals surface area contributed by atoms with Crippen LogP contribution in [0.4, 0.5) is 4.79 Å². The summed E-state index contributed by atoms with van der Waals surface area (Å²) in [5.41, 5.74) is 0.717. The molecular weight excluding hydrogens is 308 g/mol. The van der Waals surface area contributed by atoms with E-state index in [9.17, 15) is 9.59 Å². The lowest BCUT2D eigenvalue weighted by atomic mass is 9.97. The minimum absolute atomic E-state index is 0.0312. The molecule has 2 aromatic rings. The Labute approximate surface area is 140 Å². The number of aromatic amines is 1. The minimum Gasteiger partial charge on any atom is -0.331 e. The first-order valence-corrected chi connectivity index (χ1v) is 7.87. The monoisotopic (exact) mass is 330 g/mol. The van der Waals surface area contributed by atoms with Crippen LogP contribution < -0.4 is 0 Å². The zero-order valence-corrected chi connectivity index (χ0v) is 14.4. The van der Waals surface area contributed by atoms with Crippen LogP contribution in [0.3, 0.4) is 0 Å². The lowest BCUT2D eigenvalue weighted by molar-refractivity contribution is 0.0243. The second-order valence-corrected chi connectivity index (χ2v) is 6.86. The summed E-state index contributed by atoms with van der Waals surface area (Å²) in [4.78, 5) is 34.6. The lowest BCUT2D eigenvalue weighted by Crippen LogP contribution is -2.63. The fourth-order valence-electron chi connectivity index (χ4n) is 3.16. The van der Waals surface area contributed by atoms with E-state index >= 15 is 0 Å². The first-order chi connectivity index (χ1) is 11.3. The number of H-pyrrole nitrogens is 1. The number of urea groups is 1. The summed E-state index contributed by atoms with van der Waals surface area (Å²) < 4.78 is 0. The van der Waals surface area contributed by atoms with Crippen LogP contribution in [-0.4, -0.2) is 81.1 Å². The number of hydrogen-bond donors (Lipinski definition) is 1. The highest BCUT2D eigenvalue weighted by Crippen LogP contribution is 2.26. The number of hydrogen-bond acceptors (Lipinski definition) is 4. The second kappa shape index (κ2) is 5.77. The average Bonchev–Trinajstić information content (AvgIpc) is 3.00. The Morgan fingerprint density at radius 2 is 2.04 bits per heavy atom. The first kappa shape index (κ1) is 16.2. The molecule has 2 aromatic heterocycles. The zero-order chi connectivity index (χ0) is 17.5. The SMILES string of the molecule is CN(C)C(=O)N1CCN(C(=O)c2ccnc3[nH]ncc23)C(C)(C)C1. The van der Waals surface area contributed by atoms with Gasteiger partial charge in [-0.2, -0.15) is 5.10 Å². The van der Waals surface area contributed by atoms with E-state index in [1.54, 1.807) is 42.4 Å². The molecule has 1 aliphatic heterocycles. The maximum absolute atomic E-state index is 13.1. The third-order valence-corrected chi connectivity index (χ3v) is 4.38. The van der Waals surface area contributed by atoms with Gasteiger partial charge in [-0.3, -0.25) is 9.89 Å². The molecule has 1 aliphatic rings. The highest BCUT2D eigenvalue weighted by atomic mass is 16.2. The lowest BCUT2D eigenvalue weighted by Gasteiger charge is -2.47. The third-order valence-electron chi connectivity index (χ3n) is 4.38. The van der Waals surface area contributed by atoms with Crippen LogP contribution in [0.15, 0.2) is 18.5 Å².